The number of hydrogen-bond donors (Lipinski definition) is 2. The molecule has 2 atom stereocenters. The van der Waals surface area contributed by atoms with Crippen LogP contribution in [0.4, 0.5) is 10.1 Å². The van der Waals surface area contributed by atoms with Crippen molar-refractivity contribution >= 4 is 33.0 Å². The smallest absolute Gasteiger partial charge is 0.259 e. The first-order valence-electron chi connectivity index (χ1n) is 8.66. The summed E-state index contributed by atoms with van der Waals surface area (Å²) in [5.74, 6) is -1.59. The highest BCUT2D eigenvalue weighted by Gasteiger charge is 2.42. The number of aryl methyl sites for hydroxylation is 1. The van der Waals surface area contributed by atoms with Gasteiger partial charge in [-0.05, 0) is 37.5 Å². The van der Waals surface area contributed by atoms with E-state index in [9.17, 15) is 22.7 Å². The highest BCUT2D eigenvalue weighted by molar-refractivity contribution is 7.90. The van der Waals surface area contributed by atoms with Crippen LogP contribution >= 0.6 is 11.6 Å². The normalized spacial score (nSPS) is 22.4. The van der Waals surface area contributed by atoms with Crippen LogP contribution in [-0.4, -0.2) is 46.8 Å². The van der Waals surface area contributed by atoms with Crippen LogP contribution in [0.1, 0.15) is 41.2 Å². The third kappa shape index (κ3) is 4.71. The van der Waals surface area contributed by atoms with E-state index in [4.69, 9.17) is 11.6 Å². The Morgan fingerprint density at radius 3 is 2.86 bits per heavy atom. The Hall–Kier alpha value is -1.97. The van der Waals surface area contributed by atoms with Gasteiger partial charge in [0, 0.05) is 31.1 Å². The summed E-state index contributed by atoms with van der Waals surface area (Å²) in [4.78, 5) is 12.7. The number of halogens is 2. The molecule has 3 rings (SSSR count). The highest BCUT2D eigenvalue weighted by Crippen LogP contribution is 2.42. The molecule has 1 aliphatic rings. The first-order valence-corrected chi connectivity index (χ1v) is 11.1. The zero-order valence-electron chi connectivity index (χ0n) is 15.4. The third-order valence-corrected chi connectivity index (χ3v) is 6.13. The molecule has 1 aliphatic carbocycles. The van der Waals surface area contributed by atoms with Gasteiger partial charge in [0.1, 0.15) is 15.7 Å². The summed E-state index contributed by atoms with van der Waals surface area (Å²) in [6.07, 6.45) is 3.69. The number of nitrogens with zero attached hydrogens (tertiary/aromatic N) is 2. The average Bonchev–Trinajstić information content (AvgIpc) is 3.12. The fourth-order valence-corrected chi connectivity index (χ4v) is 5.13. The maximum absolute atomic E-state index is 13.3. The summed E-state index contributed by atoms with van der Waals surface area (Å²) in [5.41, 5.74) is -0.172. The van der Waals surface area contributed by atoms with Gasteiger partial charge in [-0.3, -0.25) is 9.48 Å². The summed E-state index contributed by atoms with van der Waals surface area (Å²) in [7, 11) is -1.67. The van der Waals surface area contributed by atoms with E-state index in [1.54, 1.807) is 13.2 Å². The molecule has 2 N–H and O–H groups in total. The Morgan fingerprint density at radius 2 is 2.21 bits per heavy atom. The van der Waals surface area contributed by atoms with Crippen molar-refractivity contribution in [3.05, 3.63) is 46.5 Å². The predicted octanol–water partition coefficient (Wildman–Crippen LogP) is 2.51. The molecule has 7 nitrogen and oxygen atoms in total. The highest BCUT2D eigenvalue weighted by atomic mass is 35.5. The number of aliphatic hydroxyl groups is 1. The second-order valence-corrected chi connectivity index (χ2v) is 9.97. The monoisotopic (exact) mass is 429 g/mol. The number of nitrogens with one attached hydrogen (secondary N) is 1. The summed E-state index contributed by atoms with van der Waals surface area (Å²) in [6, 6.07) is 3.87. The number of carbonyl (C=O) groups is 1. The van der Waals surface area contributed by atoms with Crippen molar-refractivity contribution in [3.63, 3.8) is 0 Å². The topological polar surface area (TPSA) is 101 Å². The molecule has 1 heterocycles. The Kier molecular flexibility index (Phi) is 5.53. The van der Waals surface area contributed by atoms with E-state index in [2.05, 4.69) is 10.4 Å². The Labute approximate surface area is 167 Å². The van der Waals surface area contributed by atoms with Gasteiger partial charge in [-0.25, -0.2) is 12.8 Å². The van der Waals surface area contributed by atoms with Crippen LogP contribution in [-0.2, 0) is 16.9 Å². The van der Waals surface area contributed by atoms with Gasteiger partial charge in [0.2, 0.25) is 0 Å². The Morgan fingerprint density at radius 1 is 1.50 bits per heavy atom. The number of hydrogen-bond acceptors (Lipinski definition) is 5. The van der Waals surface area contributed by atoms with Gasteiger partial charge in [0.05, 0.1) is 27.6 Å². The van der Waals surface area contributed by atoms with Gasteiger partial charge < -0.3 is 10.4 Å². The molecule has 2 unspecified atom stereocenters. The number of aromatic nitrogens is 2. The minimum absolute atomic E-state index is 0.106. The largest absolute Gasteiger partial charge is 0.389 e. The maximum atomic E-state index is 13.3. The van der Waals surface area contributed by atoms with Crippen LogP contribution in [0.5, 0.6) is 0 Å². The van der Waals surface area contributed by atoms with E-state index in [0.29, 0.717) is 29.8 Å². The summed E-state index contributed by atoms with van der Waals surface area (Å²) < 4.78 is 38.0. The lowest BCUT2D eigenvalue weighted by Crippen LogP contribution is -2.34. The second-order valence-electron chi connectivity index (χ2n) is 7.42. The van der Waals surface area contributed by atoms with Gasteiger partial charge in [0.25, 0.3) is 5.91 Å². The molecule has 1 aromatic carbocycles. The standard InChI is InChI=1S/C18H21ClFN3O4S/c1-23-9-13(17(24)21-12-3-4-15(20)14(19)7-12)16(22-23)11-5-6-18(25,8-11)10-28(2,26)27/h3-4,7,9,11,25H,5-6,8,10H2,1-2H3,(H,21,24). The van der Waals surface area contributed by atoms with E-state index in [1.165, 1.54) is 16.8 Å². The van der Waals surface area contributed by atoms with E-state index >= 15 is 0 Å². The van der Waals surface area contributed by atoms with Gasteiger partial charge in [-0.1, -0.05) is 11.6 Å². The zero-order chi connectivity index (χ0) is 20.7. The molecule has 28 heavy (non-hydrogen) atoms. The van der Waals surface area contributed by atoms with Crippen LogP contribution < -0.4 is 5.32 Å². The molecule has 0 saturated heterocycles. The molecule has 0 aliphatic heterocycles. The number of rotatable bonds is 5. The predicted molar refractivity (Wildman–Crippen MR) is 104 cm³/mol. The third-order valence-electron chi connectivity index (χ3n) is 4.78. The van der Waals surface area contributed by atoms with Gasteiger partial charge in [0.15, 0.2) is 0 Å². The molecular weight excluding hydrogens is 409 g/mol. The molecule has 0 bridgehead atoms. The number of anilines is 1. The number of carbonyl (C=O) groups excluding carboxylic acids is 1. The fourth-order valence-electron chi connectivity index (χ4n) is 3.71. The first-order chi connectivity index (χ1) is 13.0. The molecule has 0 radical (unpaired) electrons. The Balaban J connectivity index is 1.81. The average molecular weight is 430 g/mol. The molecule has 1 saturated carbocycles. The second kappa shape index (κ2) is 7.46. The van der Waals surface area contributed by atoms with E-state index < -0.39 is 27.2 Å². The minimum Gasteiger partial charge on any atom is -0.389 e. The van der Waals surface area contributed by atoms with Crippen molar-refractivity contribution in [3.8, 4) is 0 Å². The zero-order valence-corrected chi connectivity index (χ0v) is 17.0. The molecule has 152 valence electrons. The number of benzene rings is 1. The Bertz CT molecular complexity index is 1020. The molecular formula is C18H21ClFN3O4S. The van der Waals surface area contributed by atoms with E-state index in [0.717, 1.165) is 12.3 Å². The molecule has 1 aromatic heterocycles. The van der Waals surface area contributed by atoms with E-state index in [-0.39, 0.29) is 23.1 Å². The lowest BCUT2D eigenvalue weighted by molar-refractivity contribution is 0.0696. The van der Waals surface area contributed by atoms with Crippen molar-refractivity contribution < 1.29 is 22.7 Å². The van der Waals surface area contributed by atoms with Crippen LogP contribution in [0.2, 0.25) is 5.02 Å². The van der Waals surface area contributed by atoms with Crippen molar-refractivity contribution in [1.29, 1.82) is 0 Å². The van der Waals surface area contributed by atoms with Crippen molar-refractivity contribution in [1.82, 2.24) is 9.78 Å². The lowest BCUT2D eigenvalue weighted by Gasteiger charge is -2.21. The summed E-state index contributed by atoms with van der Waals surface area (Å²) in [5, 5.41) is 17.5. The molecule has 10 heteroatoms. The van der Waals surface area contributed by atoms with Gasteiger partial charge in [-0.2, -0.15) is 5.10 Å². The van der Waals surface area contributed by atoms with Crippen LogP contribution in [0.25, 0.3) is 0 Å². The minimum atomic E-state index is -3.34. The van der Waals surface area contributed by atoms with Gasteiger partial charge in [-0.15, -0.1) is 0 Å². The SMILES string of the molecule is Cn1cc(C(=O)Nc2ccc(F)c(Cl)c2)c(C2CCC(O)(CS(C)(=O)=O)C2)n1. The molecule has 1 amide bonds. The summed E-state index contributed by atoms with van der Waals surface area (Å²) in [6.45, 7) is 0. The molecule has 2 aromatic rings. The van der Waals surface area contributed by atoms with Crippen molar-refractivity contribution in [2.45, 2.75) is 30.8 Å². The number of sulfone groups is 1. The quantitative estimate of drug-likeness (QED) is 0.760. The molecule has 1 fully saturated rings. The lowest BCUT2D eigenvalue weighted by atomic mass is 9.97. The van der Waals surface area contributed by atoms with E-state index in [1.807, 2.05) is 0 Å². The maximum Gasteiger partial charge on any atom is 0.259 e. The van der Waals surface area contributed by atoms with Crippen molar-refractivity contribution in [2.75, 3.05) is 17.3 Å². The summed E-state index contributed by atoms with van der Waals surface area (Å²) >= 11 is 5.75. The van der Waals surface area contributed by atoms with Crippen molar-refractivity contribution in [2.24, 2.45) is 7.05 Å². The molecule has 0 spiro atoms. The van der Waals surface area contributed by atoms with Crippen LogP contribution in [0, 0.1) is 5.82 Å². The fraction of sp³-hybridized carbons (Fsp3) is 0.444. The van der Waals surface area contributed by atoms with Gasteiger partial charge >= 0.3 is 0 Å². The first kappa shape index (κ1) is 20.8. The number of amides is 1. The van der Waals surface area contributed by atoms with Crippen LogP contribution in [0.15, 0.2) is 24.4 Å². The van der Waals surface area contributed by atoms with Crippen LogP contribution in [0.3, 0.4) is 0 Å².